The molecule has 2 aliphatic rings. The van der Waals surface area contributed by atoms with E-state index in [4.69, 9.17) is 4.74 Å². The maximum atomic E-state index is 12.7. The second kappa shape index (κ2) is 4.05. The van der Waals surface area contributed by atoms with Gasteiger partial charge in [0.2, 0.25) is 0 Å². The molecule has 0 aromatic heterocycles. The van der Waals surface area contributed by atoms with Gasteiger partial charge < -0.3 is 4.74 Å². The Morgan fingerprint density at radius 1 is 1.37 bits per heavy atom. The molecule has 3 rings (SSSR count). The molecule has 3 heteroatoms. The molecular weight excluding hydrogens is 240 g/mol. The Morgan fingerprint density at radius 2 is 2.16 bits per heavy atom. The molecule has 0 aliphatic heterocycles. The van der Waals surface area contributed by atoms with Gasteiger partial charge in [-0.1, -0.05) is 6.08 Å². The molecule has 2 aliphatic carbocycles. The van der Waals surface area contributed by atoms with Crippen molar-refractivity contribution in [1.29, 1.82) is 0 Å². The van der Waals surface area contributed by atoms with Crippen molar-refractivity contribution in [3.63, 3.8) is 0 Å². The molecule has 1 spiro atoms. The maximum Gasteiger partial charge on any atom is 0.174 e. The van der Waals surface area contributed by atoms with Crippen molar-refractivity contribution < 1.29 is 14.3 Å². The van der Waals surface area contributed by atoms with Crippen LogP contribution in [-0.4, -0.2) is 18.7 Å². The van der Waals surface area contributed by atoms with Gasteiger partial charge in [-0.05, 0) is 49.9 Å². The van der Waals surface area contributed by atoms with Gasteiger partial charge >= 0.3 is 0 Å². The zero-order chi connectivity index (χ0) is 13.6. The summed E-state index contributed by atoms with van der Waals surface area (Å²) in [6.07, 6.45) is 4.12. The molecule has 0 amide bonds. The summed E-state index contributed by atoms with van der Waals surface area (Å²) in [7, 11) is 1.62. The molecule has 0 bridgehead atoms. The van der Waals surface area contributed by atoms with Gasteiger partial charge in [0.05, 0.1) is 12.5 Å². The zero-order valence-corrected chi connectivity index (χ0v) is 11.2. The molecule has 0 fully saturated rings. The third-order valence-electron chi connectivity index (χ3n) is 4.30. The van der Waals surface area contributed by atoms with Crippen LogP contribution in [0.1, 0.15) is 35.7 Å². The van der Waals surface area contributed by atoms with E-state index in [2.05, 4.69) is 0 Å². The monoisotopic (exact) mass is 256 g/mol. The average molecular weight is 256 g/mol. The molecule has 0 N–H and O–H groups in total. The summed E-state index contributed by atoms with van der Waals surface area (Å²) in [4.78, 5) is 24.5. The molecule has 0 heterocycles. The van der Waals surface area contributed by atoms with E-state index in [1.54, 1.807) is 14.0 Å². The SMILES string of the molecule is COc1ccc2c(c1)CC1(CCC=C1C(C)=O)C2=O. The molecule has 1 aromatic carbocycles. The Balaban J connectivity index is 2.08. The third-order valence-corrected chi connectivity index (χ3v) is 4.30. The molecular formula is C16H16O3. The summed E-state index contributed by atoms with van der Waals surface area (Å²) in [6.45, 7) is 1.55. The minimum Gasteiger partial charge on any atom is -0.497 e. The van der Waals surface area contributed by atoms with Gasteiger partial charge in [-0.3, -0.25) is 9.59 Å². The van der Waals surface area contributed by atoms with E-state index >= 15 is 0 Å². The van der Waals surface area contributed by atoms with Crippen LogP contribution in [0.3, 0.4) is 0 Å². The lowest BCUT2D eigenvalue weighted by Gasteiger charge is -2.23. The van der Waals surface area contributed by atoms with Gasteiger partial charge in [0.15, 0.2) is 11.6 Å². The van der Waals surface area contributed by atoms with Crippen LogP contribution >= 0.6 is 0 Å². The van der Waals surface area contributed by atoms with E-state index < -0.39 is 5.41 Å². The molecule has 19 heavy (non-hydrogen) atoms. The smallest absolute Gasteiger partial charge is 0.174 e. The highest BCUT2D eigenvalue weighted by molar-refractivity contribution is 6.13. The summed E-state index contributed by atoms with van der Waals surface area (Å²) in [5.74, 6) is 0.879. The van der Waals surface area contributed by atoms with Gasteiger partial charge in [0.25, 0.3) is 0 Å². The van der Waals surface area contributed by atoms with Crippen molar-refractivity contribution in [1.82, 2.24) is 0 Å². The summed E-state index contributed by atoms with van der Waals surface area (Å²) >= 11 is 0. The Hall–Kier alpha value is -1.90. The predicted molar refractivity (Wildman–Crippen MR) is 71.5 cm³/mol. The van der Waals surface area contributed by atoms with Crippen LogP contribution in [0.5, 0.6) is 5.75 Å². The van der Waals surface area contributed by atoms with E-state index in [1.165, 1.54) is 0 Å². The number of ketones is 2. The van der Waals surface area contributed by atoms with Crippen molar-refractivity contribution in [2.75, 3.05) is 7.11 Å². The molecule has 3 nitrogen and oxygen atoms in total. The Morgan fingerprint density at radius 3 is 2.84 bits per heavy atom. The van der Waals surface area contributed by atoms with Crippen LogP contribution in [-0.2, 0) is 11.2 Å². The van der Waals surface area contributed by atoms with Crippen LogP contribution < -0.4 is 4.74 Å². The fraction of sp³-hybridized carbons (Fsp3) is 0.375. The fourth-order valence-corrected chi connectivity index (χ4v) is 3.42. The number of hydrogen-bond donors (Lipinski definition) is 0. The molecule has 0 saturated heterocycles. The quantitative estimate of drug-likeness (QED) is 0.817. The summed E-state index contributed by atoms with van der Waals surface area (Å²) in [5.41, 5.74) is 1.85. The first kappa shape index (κ1) is 12.2. The normalized spacial score (nSPS) is 24.5. The number of allylic oxidation sites excluding steroid dienone is 2. The highest BCUT2D eigenvalue weighted by Gasteiger charge is 2.50. The van der Waals surface area contributed by atoms with Gasteiger partial charge in [-0.15, -0.1) is 0 Å². The minimum absolute atomic E-state index is 0.0191. The molecule has 98 valence electrons. The van der Waals surface area contributed by atoms with E-state index in [0.29, 0.717) is 12.0 Å². The highest BCUT2D eigenvalue weighted by Crippen LogP contribution is 2.50. The van der Waals surface area contributed by atoms with Gasteiger partial charge in [0.1, 0.15) is 5.75 Å². The number of carbonyl (C=O) groups excluding carboxylic acids is 2. The Bertz CT molecular complexity index is 612. The van der Waals surface area contributed by atoms with Crippen molar-refractivity contribution >= 4 is 11.6 Å². The van der Waals surface area contributed by atoms with Crippen LogP contribution in [0, 0.1) is 5.41 Å². The van der Waals surface area contributed by atoms with Crippen molar-refractivity contribution in [2.24, 2.45) is 5.41 Å². The van der Waals surface area contributed by atoms with Gasteiger partial charge in [-0.2, -0.15) is 0 Å². The molecule has 0 radical (unpaired) electrons. The van der Waals surface area contributed by atoms with Gasteiger partial charge in [0, 0.05) is 11.1 Å². The lowest BCUT2D eigenvalue weighted by atomic mass is 9.76. The molecule has 1 atom stereocenters. The van der Waals surface area contributed by atoms with Crippen LogP contribution in [0.2, 0.25) is 0 Å². The minimum atomic E-state index is -0.597. The molecule has 1 unspecified atom stereocenters. The topological polar surface area (TPSA) is 43.4 Å². The zero-order valence-electron chi connectivity index (χ0n) is 11.2. The predicted octanol–water partition coefficient (Wildman–Crippen LogP) is 2.73. The van der Waals surface area contributed by atoms with E-state index in [1.807, 2.05) is 24.3 Å². The van der Waals surface area contributed by atoms with Crippen LogP contribution in [0.25, 0.3) is 0 Å². The second-order valence-corrected chi connectivity index (χ2v) is 5.32. The first-order chi connectivity index (χ1) is 9.08. The molecule has 1 aromatic rings. The lowest BCUT2D eigenvalue weighted by Crippen LogP contribution is -2.30. The Labute approximate surface area is 112 Å². The van der Waals surface area contributed by atoms with Crippen molar-refractivity contribution in [3.05, 3.63) is 41.0 Å². The average Bonchev–Trinajstić information content (AvgIpc) is 2.93. The first-order valence-electron chi connectivity index (χ1n) is 6.52. The third kappa shape index (κ3) is 1.57. The lowest BCUT2D eigenvalue weighted by molar-refractivity contribution is -0.114. The number of rotatable bonds is 2. The standard InChI is InChI=1S/C16H16O3/c1-10(17)14-4-3-7-16(14)9-11-8-12(19-2)5-6-13(11)15(16)18/h4-6,8H,3,7,9H2,1-2H3. The maximum absolute atomic E-state index is 12.7. The summed E-state index contributed by atoms with van der Waals surface area (Å²) < 4.78 is 5.21. The summed E-state index contributed by atoms with van der Waals surface area (Å²) in [6, 6.07) is 5.54. The van der Waals surface area contributed by atoms with Crippen LogP contribution in [0.15, 0.2) is 29.8 Å². The van der Waals surface area contributed by atoms with E-state index in [0.717, 1.165) is 29.7 Å². The van der Waals surface area contributed by atoms with Gasteiger partial charge in [-0.25, -0.2) is 0 Å². The van der Waals surface area contributed by atoms with Crippen molar-refractivity contribution in [3.8, 4) is 5.75 Å². The highest BCUT2D eigenvalue weighted by atomic mass is 16.5. The molecule has 0 saturated carbocycles. The van der Waals surface area contributed by atoms with E-state index in [-0.39, 0.29) is 11.6 Å². The Kier molecular flexibility index (Phi) is 2.59. The second-order valence-electron chi connectivity index (χ2n) is 5.32. The number of benzene rings is 1. The van der Waals surface area contributed by atoms with Crippen molar-refractivity contribution in [2.45, 2.75) is 26.2 Å². The fourth-order valence-electron chi connectivity index (χ4n) is 3.42. The van der Waals surface area contributed by atoms with Crippen LogP contribution in [0.4, 0.5) is 0 Å². The largest absolute Gasteiger partial charge is 0.497 e. The number of ether oxygens (including phenoxy) is 1. The number of methoxy groups -OCH3 is 1. The summed E-state index contributed by atoms with van der Waals surface area (Å²) in [5, 5.41) is 0. The number of fused-ring (bicyclic) bond motifs is 1. The number of carbonyl (C=O) groups is 2. The number of hydrogen-bond acceptors (Lipinski definition) is 3. The first-order valence-corrected chi connectivity index (χ1v) is 6.52. The number of Topliss-reactive ketones (excluding diaryl/α,β-unsaturated/α-hetero) is 2. The van der Waals surface area contributed by atoms with E-state index in [9.17, 15) is 9.59 Å².